The van der Waals surface area contributed by atoms with Crippen molar-refractivity contribution in [2.24, 2.45) is 5.84 Å². The van der Waals surface area contributed by atoms with E-state index in [0.29, 0.717) is 5.92 Å². The first-order chi connectivity index (χ1) is 10.3. The van der Waals surface area contributed by atoms with Crippen LogP contribution in [0, 0.1) is 0 Å². The smallest absolute Gasteiger partial charge is 0.0528 e. The maximum Gasteiger partial charge on any atom is 0.0528 e. The Morgan fingerprint density at radius 1 is 0.905 bits per heavy atom. The third-order valence-corrected chi connectivity index (χ3v) is 4.13. The molecule has 2 aromatic rings. The van der Waals surface area contributed by atoms with E-state index in [-0.39, 0.29) is 6.04 Å². The second-order valence-corrected chi connectivity index (χ2v) is 5.56. The molecule has 2 unspecified atom stereocenters. The summed E-state index contributed by atoms with van der Waals surface area (Å²) in [6.45, 7) is 4.42. The molecule has 112 valence electrons. The summed E-state index contributed by atoms with van der Waals surface area (Å²) in [5, 5.41) is 0. The molecule has 3 N–H and O–H groups in total. The van der Waals surface area contributed by atoms with Gasteiger partial charge in [-0.05, 0) is 29.5 Å². The number of aryl methyl sites for hydroxylation is 1. The molecule has 0 amide bonds. The van der Waals surface area contributed by atoms with E-state index in [2.05, 4.69) is 73.9 Å². The zero-order chi connectivity index (χ0) is 15.1. The predicted octanol–water partition coefficient (Wildman–Crippen LogP) is 4.34. The summed E-state index contributed by atoms with van der Waals surface area (Å²) < 4.78 is 0. The lowest BCUT2D eigenvalue weighted by atomic mass is 9.85. The van der Waals surface area contributed by atoms with Crippen molar-refractivity contribution >= 4 is 0 Å². The topological polar surface area (TPSA) is 38.0 Å². The number of hydrogen-bond donors (Lipinski definition) is 2. The highest BCUT2D eigenvalue weighted by atomic mass is 15.2. The molecular formula is C19H26N2. The molecule has 0 bridgehead atoms. The van der Waals surface area contributed by atoms with Gasteiger partial charge in [0.2, 0.25) is 0 Å². The Labute approximate surface area is 128 Å². The molecule has 2 heteroatoms. The van der Waals surface area contributed by atoms with E-state index in [1.54, 1.807) is 0 Å². The fourth-order valence-corrected chi connectivity index (χ4v) is 2.99. The van der Waals surface area contributed by atoms with E-state index in [4.69, 9.17) is 5.84 Å². The molecule has 0 spiro atoms. The van der Waals surface area contributed by atoms with Crippen molar-refractivity contribution in [2.75, 3.05) is 0 Å². The monoisotopic (exact) mass is 282 g/mol. The second kappa shape index (κ2) is 7.96. The van der Waals surface area contributed by atoms with Crippen molar-refractivity contribution < 1.29 is 0 Å². The van der Waals surface area contributed by atoms with Gasteiger partial charge in [-0.15, -0.1) is 0 Å². The van der Waals surface area contributed by atoms with Crippen LogP contribution >= 0.6 is 0 Å². The van der Waals surface area contributed by atoms with Gasteiger partial charge in [0.05, 0.1) is 6.04 Å². The number of hydrazine groups is 1. The highest BCUT2D eigenvalue weighted by molar-refractivity contribution is 5.30. The molecule has 0 aliphatic carbocycles. The van der Waals surface area contributed by atoms with E-state index in [0.717, 1.165) is 12.8 Å². The summed E-state index contributed by atoms with van der Waals surface area (Å²) in [6.07, 6.45) is 3.37. The van der Waals surface area contributed by atoms with Gasteiger partial charge in [-0.25, -0.2) is 0 Å². The molecule has 0 saturated carbocycles. The van der Waals surface area contributed by atoms with Crippen molar-refractivity contribution in [3.05, 3.63) is 71.3 Å². The Balaban J connectivity index is 2.24. The van der Waals surface area contributed by atoms with Crippen LogP contribution in [0.25, 0.3) is 0 Å². The van der Waals surface area contributed by atoms with Crippen molar-refractivity contribution in [2.45, 2.75) is 45.1 Å². The van der Waals surface area contributed by atoms with Crippen molar-refractivity contribution in [3.63, 3.8) is 0 Å². The molecule has 0 fully saturated rings. The molecule has 0 heterocycles. The molecule has 0 saturated heterocycles. The molecule has 2 rings (SSSR count). The van der Waals surface area contributed by atoms with Crippen LogP contribution in [0.15, 0.2) is 54.6 Å². The fourth-order valence-electron chi connectivity index (χ4n) is 2.99. The summed E-state index contributed by atoms with van der Waals surface area (Å²) in [6, 6.07) is 19.6. The maximum atomic E-state index is 5.87. The van der Waals surface area contributed by atoms with Crippen LogP contribution in [-0.2, 0) is 6.42 Å². The second-order valence-electron chi connectivity index (χ2n) is 5.56. The quantitative estimate of drug-likeness (QED) is 0.585. The van der Waals surface area contributed by atoms with Gasteiger partial charge in [0.1, 0.15) is 0 Å². The van der Waals surface area contributed by atoms with Crippen LogP contribution in [0.2, 0.25) is 0 Å². The minimum atomic E-state index is 0.146. The first kappa shape index (κ1) is 15.7. The average molecular weight is 282 g/mol. The zero-order valence-electron chi connectivity index (χ0n) is 13.0. The van der Waals surface area contributed by atoms with Crippen molar-refractivity contribution in [1.29, 1.82) is 0 Å². The Kier molecular flexibility index (Phi) is 5.97. The van der Waals surface area contributed by atoms with E-state index < -0.39 is 0 Å². The standard InChI is InChI=1S/C19H26N2/c1-3-8-15-11-13-17(14-12-15)19(21-20)18(4-2)16-9-6-5-7-10-16/h5-7,9-14,18-19,21H,3-4,8,20H2,1-2H3. The Morgan fingerprint density at radius 3 is 2.10 bits per heavy atom. The molecule has 0 aliphatic rings. The minimum Gasteiger partial charge on any atom is -0.271 e. The molecule has 2 nitrogen and oxygen atoms in total. The number of nitrogens with one attached hydrogen (secondary N) is 1. The number of nitrogens with two attached hydrogens (primary N) is 1. The maximum absolute atomic E-state index is 5.87. The van der Waals surface area contributed by atoms with Crippen LogP contribution in [0.1, 0.15) is 55.3 Å². The van der Waals surface area contributed by atoms with Crippen LogP contribution in [0.3, 0.4) is 0 Å². The molecule has 21 heavy (non-hydrogen) atoms. The van der Waals surface area contributed by atoms with Crippen molar-refractivity contribution in [3.8, 4) is 0 Å². The van der Waals surface area contributed by atoms with E-state index >= 15 is 0 Å². The predicted molar refractivity (Wildman–Crippen MR) is 90.0 cm³/mol. The zero-order valence-corrected chi connectivity index (χ0v) is 13.0. The largest absolute Gasteiger partial charge is 0.271 e. The number of benzene rings is 2. The lowest BCUT2D eigenvalue weighted by Crippen LogP contribution is -2.32. The third-order valence-electron chi connectivity index (χ3n) is 4.13. The molecule has 2 aromatic carbocycles. The van der Waals surface area contributed by atoms with Gasteiger partial charge in [-0.3, -0.25) is 11.3 Å². The lowest BCUT2D eigenvalue weighted by Gasteiger charge is -2.26. The molecule has 0 radical (unpaired) electrons. The summed E-state index contributed by atoms with van der Waals surface area (Å²) in [7, 11) is 0. The highest BCUT2D eigenvalue weighted by Gasteiger charge is 2.22. The van der Waals surface area contributed by atoms with Crippen LogP contribution < -0.4 is 11.3 Å². The third kappa shape index (κ3) is 3.93. The summed E-state index contributed by atoms with van der Waals surface area (Å²) >= 11 is 0. The molecule has 0 aliphatic heterocycles. The van der Waals surface area contributed by atoms with E-state index in [9.17, 15) is 0 Å². The molecule has 0 aromatic heterocycles. The highest BCUT2D eigenvalue weighted by Crippen LogP contribution is 2.33. The summed E-state index contributed by atoms with van der Waals surface area (Å²) in [4.78, 5) is 0. The van der Waals surface area contributed by atoms with Crippen LogP contribution in [0.5, 0.6) is 0 Å². The minimum absolute atomic E-state index is 0.146. The SMILES string of the molecule is CCCc1ccc(C(NN)C(CC)c2ccccc2)cc1. The van der Waals surface area contributed by atoms with Gasteiger partial charge >= 0.3 is 0 Å². The lowest BCUT2D eigenvalue weighted by molar-refractivity contribution is 0.445. The van der Waals surface area contributed by atoms with Crippen molar-refractivity contribution in [1.82, 2.24) is 5.43 Å². The van der Waals surface area contributed by atoms with Crippen LogP contribution in [0.4, 0.5) is 0 Å². The Bertz CT molecular complexity index is 519. The van der Waals surface area contributed by atoms with Gasteiger partial charge in [-0.1, -0.05) is 74.9 Å². The van der Waals surface area contributed by atoms with Gasteiger partial charge in [0, 0.05) is 5.92 Å². The Morgan fingerprint density at radius 2 is 1.57 bits per heavy atom. The normalized spacial score (nSPS) is 13.9. The average Bonchev–Trinajstić information content (AvgIpc) is 2.54. The molecule has 2 atom stereocenters. The first-order valence-electron chi connectivity index (χ1n) is 7.90. The summed E-state index contributed by atoms with van der Waals surface area (Å²) in [5.41, 5.74) is 7.00. The summed E-state index contributed by atoms with van der Waals surface area (Å²) in [5.74, 6) is 6.25. The van der Waals surface area contributed by atoms with E-state index in [1.165, 1.54) is 23.1 Å². The first-order valence-corrected chi connectivity index (χ1v) is 7.90. The fraction of sp³-hybridized carbons (Fsp3) is 0.368. The van der Waals surface area contributed by atoms with Gasteiger partial charge in [0.25, 0.3) is 0 Å². The van der Waals surface area contributed by atoms with Gasteiger partial charge < -0.3 is 0 Å². The van der Waals surface area contributed by atoms with E-state index in [1.807, 2.05) is 0 Å². The molecular weight excluding hydrogens is 256 g/mol. The van der Waals surface area contributed by atoms with Crippen LogP contribution in [-0.4, -0.2) is 0 Å². The number of hydrogen-bond acceptors (Lipinski definition) is 2. The van der Waals surface area contributed by atoms with Gasteiger partial charge in [0.15, 0.2) is 0 Å². The Hall–Kier alpha value is -1.64. The number of rotatable bonds is 7. The van der Waals surface area contributed by atoms with Gasteiger partial charge in [-0.2, -0.15) is 0 Å².